The Bertz CT molecular complexity index is 851. The molecule has 1 aliphatic heterocycles. The van der Waals surface area contributed by atoms with Gasteiger partial charge in [0.25, 0.3) is 5.91 Å². The minimum atomic E-state index is -0.360. The lowest BCUT2D eigenvalue weighted by molar-refractivity contribution is 0.0778. The van der Waals surface area contributed by atoms with Crippen LogP contribution >= 0.6 is 23.2 Å². The van der Waals surface area contributed by atoms with E-state index in [1.807, 2.05) is 12.1 Å². The quantitative estimate of drug-likeness (QED) is 0.756. The van der Waals surface area contributed by atoms with E-state index in [0.29, 0.717) is 46.6 Å². The van der Waals surface area contributed by atoms with Crippen LogP contribution in [0.4, 0.5) is 0 Å². The highest BCUT2D eigenvalue weighted by Crippen LogP contribution is 2.40. The van der Waals surface area contributed by atoms with Gasteiger partial charge in [-0.15, -0.1) is 0 Å². The lowest BCUT2D eigenvalue weighted by Crippen LogP contribution is -2.35. The number of carbonyl (C=O) groups is 1. The van der Waals surface area contributed by atoms with E-state index in [1.165, 1.54) is 0 Å². The molecule has 2 aromatic carbocycles. The minimum absolute atomic E-state index is 0.0231. The Balaban J connectivity index is 1.89. The number of aliphatic hydroxyl groups is 1. The lowest BCUT2D eigenvalue weighted by Gasteiger charge is -2.30. The Kier molecular flexibility index (Phi) is 6.38. The van der Waals surface area contributed by atoms with Crippen LogP contribution in [0.15, 0.2) is 36.4 Å². The van der Waals surface area contributed by atoms with Crippen molar-refractivity contribution in [3.8, 4) is 11.5 Å². The summed E-state index contributed by atoms with van der Waals surface area (Å²) in [4.78, 5) is 14.9. The van der Waals surface area contributed by atoms with Crippen LogP contribution in [-0.4, -0.2) is 49.8 Å². The second-order valence-corrected chi connectivity index (χ2v) is 7.78. The molecule has 3 rings (SSSR count). The molecule has 0 aromatic heterocycles. The molecule has 7 heteroatoms. The molecular weight excluding hydrogens is 401 g/mol. The molecule has 150 valence electrons. The molecule has 0 bridgehead atoms. The van der Waals surface area contributed by atoms with E-state index in [-0.39, 0.29) is 17.9 Å². The molecule has 1 saturated heterocycles. The molecule has 28 heavy (non-hydrogen) atoms. The number of amides is 1. The van der Waals surface area contributed by atoms with Crippen LogP contribution in [0.25, 0.3) is 0 Å². The summed E-state index contributed by atoms with van der Waals surface area (Å²) in [6.07, 6.45) is 1.27. The molecule has 5 nitrogen and oxygen atoms in total. The van der Waals surface area contributed by atoms with E-state index < -0.39 is 0 Å². The molecule has 2 aromatic rings. The monoisotopic (exact) mass is 423 g/mol. The number of carbonyl (C=O) groups excluding carboxylic acids is 1. The van der Waals surface area contributed by atoms with Gasteiger partial charge in [0.2, 0.25) is 0 Å². The molecular formula is C21H23Cl2NO4. The molecule has 1 aliphatic rings. The molecule has 1 amide bonds. The Morgan fingerprint density at radius 2 is 1.79 bits per heavy atom. The van der Waals surface area contributed by atoms with Crippen LogP contribution in [0.1, 0.15) is 28.8 Å². The van der Waals surface area contributed by atoms with Gasteiger partial charge in [-0.2, -0.15) is 0 Å². The summed E-state index contributed by atoms with van der Waals surface area (Å²) in [6, 6.07) is 10.7. The summed E-state index contributed by atoms with van der Waals surface area (Å²) in [5.74, 6) is 1.03. The van der Waals surface area contributed by atoms with Crippen LogP contribution in [0.3, 0.4) is 0 Å². The molecule has 1 N–H and O–H groups in total. The van der Waals surface area contributed by atoms with E-state index in [4.69, 9.17) is 32.7 Å². The van der Waals surface area contributed by atoms with E-state index in [2.05, 4.69) is 0 Å². The van der Waals surface area contributed by atoms with Gasteiger partial charge in [-0.1, -0.05) is 29.3 Å². The first-order chi connectivity index (χ1) is 13.4. The van der Waals surface area contributed by atoms with Gasteiger partial charge in [-0.25, -0.2) is 0 Å². The summed E-state index contributed by atoms with van der Waals surface area (Å²) in [5, 5.41) is 10.6. The van der Waals surface area contributed by atoms with E-state index in [0.717, 1.165) is 12.0 Å². The molecule has 0 radical (unpaired) electrons. The molecule has 1 atom stereocenters. The zero-order valence-electron chi connectivity index (χ0n) is 15.9. The zero-order chi connectivity index (χ0) is 20.3. The number of ether oxygens (including phenoxy) is 2. The maximum atomic E-state index is 13.1. The average Bonchev–Trinajstić information content (AvgIpc) is 3.14. The molecule has 1 unspecified atom stereocenters. The predicted octanol–water partition coefficient (Wildman–Crippen LogP) is 4.18. The Labute approximate surface area is 174 Å². The highest BCUT2D eigenvalue weighted by molar-refractivity contribution is 6.42. The summed E-state index contributed by atoms with van der Waals surface area (Å²) >= 11 is 12.3. The number of methoxy groups -OCH3 is 2. The third-order valence-corrected chi connectivity index (χ3v) is 6.10. The van der Waals surface area contributed by atoms with Gasteiger partial charge in [0.1, 0.15) is 11.5 Å². The third kappa shape index (κ3) is 4.07. The molecule has 0 saturated carbocycles. The Morgan fingerprint density at radius 3 is 2.36 bits per heavy atom. The highest BCUT2D eigenvalue weighted by atomic mass is 35.5. The summed E-state index contributed by atoms with van der Waals surface area (Å²) in [7, 11) is 3.10. The maximum Gasteiger partial charge on any atom is 0.254 e. The molecule has 1 fully saturated rings. The first-order valence-electron chi connectivity index (χ1n) is 9.01. The van der Waals surface area contributed by atoms with Crippen LogP contribution in [0.5, 0.6) is 11.5 Å². The van der Waals surface area contributed by atoms with Gasteiger partial charge in [-0.05, 0) is 42.7 Å². The van der Waals surface area contributed by atoms with Gasteiger partial charge >= 0.3 is 0 Å². The van der Waals surface area contributed by atoms with Crippen LogP contribution < -0.4 is 9.47 Å². The van der Waals surface area contributed by atoms with Crippen molar-refractivity contribution < 1.29 is 19.4 Å². The fourth-order valence-corrected chi connectivity index (χ4v) is 4.08. The first kappa shape index (κ1) is 20.8. The van der Waals surface area contributed by atoms with Crippen molar-refractivity contribution in [3.05, 3.63) is 57.6 Å². The number of likely N-dealkylation sites (tertiary alicyclic amines) is 1. The Hall–Kier alpha value is -1.95. The molecule has 1 heterocycles. The van der Waals surface area contributed by atoms with Crippen molar-refractivity contribution in [2.24, 2.45) is 0 Å². The summed E-state index contributed by atoms with van der Waals surface area (Å²) in [5.41, 5.74) is 1.13. The second-order valence-electron chi connectivity index (χ2n) is 6.96. The lowest BCUT2D eigenvalue weighted by atomic mass is 9.77. The highest BCUT2D eigenvalue weighted by Gasteiger charge is 2.41. The van der Waals surface area contributed by atoms with Gasteiger partial charge in [0.15, 0.2) is 0 Å². The predicted molar refractivity (Wildman–Crippen MR) is 110 cm³/mol. The number of benzene rings is 2. The van der Waals surface area contributed by atoms with Gasteiger partial charge in [0.05, 0.1) is 24.3 Å². The van der Waals surface area contributed by atoms with Crippen LogP contribution in [-0.2, 0) is 5.41 Å². The van der Waals surface area contributed by atoms with Crippen molar-refractivity contribution in [2.45, 2.75) is 18.3 Å². The van der Waals surface area contributed by atoms with E-state index in [9.17, 15) is 9.90 Å². The van der Waals surface area contributed by atoms with Gasteiger partial charge < -0.3 is 19.5 Å². The number of nitrogens with zero attached hydrogens (tertiary/aromatic N) is 1. The standard InChI is InChI=1S/C21H23Cl2NO4/c1-27-16-9-14(10-17(12-16)28-2)20(26)24-7-5-21(13-24,6-8-25)15-3-4-18(22)19(23)11-15/h3-4,9-12,25H,5-8,13H2,1-2H3. The van der Waals surface area contributed by atoms with E-state index in [1.54, 1.807) is 43.4 Å². The topological polar surface area (TPSA) is 59.0 Å². The van der Waals surface area contributed by atoms with Crippen molar-refractivity contribution in [1.82, 2.24) is 4.90 Å². The normalized spacial score (nSPS) is 19.0. The fraction of sp³-hybridized carbons (Fsp3) is 0.381. The minimum Gasteiger partial charge on any atom is -0.497 e. The average molecular weight is 424 g/mol. The molecule has 0 aliphatic carbocycles. The number of hydrogen-bond donors (Lipinski definition) is 1. The first-order valence-corrected chi connectivity index (χ1v) is 9.77. The van der Waals surface area contributed by atoms with E-state index >= 15 is 0 Å². The largest absolute Gasteiger partial charge is 0.497 e. The van der Waals surface area contributed by atoms with Gasteiger partial charge in [0, 0.05) is 36.7 Å². The summed E-state index contributed by atoms with van der Waals surface area (Å²) < 4.78 is 10.5. The third-order valence-electron chi connectivity index (χ3n) is 5.36. The van der Waals surface area contributed by atoms with Gasteiger partial charge in [-0.3, -0.25) is 4.79 Å². The van der Waals surface area contributed by atoms with Crippen LogP contribution in [0, 0.1) is 0 Å². The SMILES string of the molecule is COc1cc(OC)cc(C(=O)N2CCC(CCO)(c3ccc(Cl)c(Cl)c3)C2)c1. The van der Waals surface area contributed by atoms with Crippen LogP contribution in [0.2, 0.25) is 10.0 Å². The fourth-order valence-electron chi connectivity index (χ4n) is 3.78. The van der Waals surface area contributed by atoms with Crippen molar-refractivity contribution >= 4 is 29.1 Å². The van der Waals surface area contributed by atoms with Crippen molar-refractivity contribution in [2.75, 3.05) is 33.9 Å². The summed E-state index contributed by atoms with van der Waals surface area (Å²) in [6.45, 7) is 1.09. The Morgan fingerprint density at radius 1 is 1.11 bits per heavy atom. The zero-order valence-corrected chi connectivity index (χ0v) is 17.4. The number of hydrogen-bond acceptors (Lipinski definition) is 4. The number of halogens is 2. The van der Waals surface area contributed by atoms with Crippen molar-refractivity contribution in [3.63, 3.8) is 0 Å². The number of aliphatic hydroxyl groups excluding tert-OH is 1. The second kappa shape index (κ2) is 8.60. The smallest absolute Gasteiger partial charge is 0.254 e. The number of rotatable bonds is 6. The maximum absolute atomic E-state index is 13.1. The van der Waals surface area contributed by atoms with Crippen molar-refractivity contribution in [1.29, 1.82) is 0 Å². The molecule has 0 spiro atoms.